The second kappa shape index (κ2) is 10.6. The van der Waals surface area contributed by atoms with Gasteiger partial charge in [-0.1, -0.05) is 48.5 Å². The number of carbonyl (C=O) groups is 1. The van der Waals surface area contributed by atoms with Crippen LogP contribution in [-0.4, -0.2) is 34.1 Å². The number of allylic oxidation sites excluding steroid dienone is 1. The minimum Gasteiger partial charge on any atom is -0.486 e. The maximum atomic E-state index is 13.8. The summed E-state index contributed by atoms with van der Waals surface area (Å²) in [5.41, 5.74) is 5.60. The lowest BCUT2D eigenvalue weighted by Crippen LogP contribution is -2.43. The van der Waals surface area contributed by atoms with Crippen LogP contribution in [0.2, 0.25) is 0 Å². The molecule has 6 nitrogen and oxygen atoms in total. The number of methoxy groups -OCH3 is 1. The zero-order valence-corrected chi connectivity index (χ0v) is 21.8. The molecule has 0 aliphatic carbocycles. The van der Waals surface area contributed by atoms with Gasteiger partial charge in [-0.15, -0.1) is 0 Å². The van der Waals surface area contributed by atoms with Gasteiger partial charge >= 0.3 is 5.97 Å². The van der Waals surface area contributed by atoms with Crippen LogP contribution in [0.1, 0.15) is 42.0 Å². The van der Waals surface area contributed by atoms with Crippen LogP contribution in [-0.2, 0) is 19.6 Å². The van der Waals surface area contributed by atoms with Gasteiger partial charge in [-0.05, 0) is 79.3 Å². The molecule has 7 heteroatoms. The number of fused-ring (bicyclic) bond motifs is 1. The van der Waals surface area contributed by atoms with Crippen molar-refractivity contribution < 1.29 is 22.7 Å². The van der Waals surface area contributed by atoms with Crippen LogP contribution < -0.4 is 9.04 Å². The molecule has 0 bridgehead atoms. The first-order valence-electron chi connectivity index (χ1n) is 11.9. The Hall–Kier alpha value is -3.58. The fraction of sp³-hybridized carbons (Fsp3) is 0.276. The Morgan fingerprint density at radius 3 is 2.58 bits per heavy atom. The predicted octanol–water partition coefficient (Wildman–Crippen LogP) is 5.77. The number of rotatable bonds is 7. The molecule has 0 saturated carbocycles. The van der Waals surface area contributed by atoms with E-state index >= 15 is 0 Å². The Labute approximate surface area is 213 Å². The lowest BCUT2D eigenvalue weighted by atomic mass is 9.99. The van der Waals surface area contributed by atoms with Gasteiger partial charge in [0.15, 0.2) is 0 Å². The molecule has 0 fully saturated rings. The van der Waals surface area contributed by atoms with Crippen molar-refractivity contribution in [1.29, 1.82) is 0 Å². The van der Waals surface area contributed by atoms with Gasteiger partial charge in [0.2, 0.25) is 0 Å². The van der Waals surface area contributed by atoms with E-state index in [9.17, 15) is 13.2 Å². The van der Waals surface area contributed by atoms with E-state index in [0.29, 0.717) is 17.9 Å². The number of hydrogen-bond acceptors (Lipinski definition) is 5. The largest absolute Gasteiger partial charge is 0.486 e. The third kappa shape index (κ3) is 5.46. The number of nitrogens with zero attached hydrogens (tertiary/aromatic N) is 1. The highest BCUT2D eigenvalue weighted by atomic mass is 32.2. The van der Waals surface area contributed by atoms with Gasteiger partial charge in [-0.2, -0.15) is 0 Å². The van der Waals surface area contributed by atoms with Gasteiger partial charge in [0.25, 0.3) is 10.0 Å². The first kappa shape index (κ1) is 25.5. The predicted molar refractivity (Wildman–Crippen MR) is 143 cm³/mol. The molecule has 188 valence electrons. The van der Waals surface area contributed by atoms with E-state index in [-0.39, 0.29) is 23.8 Å². The third-order valence-electron chi connectivity index (χ3n) is 6.34. The maximum absolute atomic E-state index is 13.8. The summed E-state index contributed by atoms with van der Waals surface area (Å²) in [6.45, 7) is 6.08. The topological polar surface area (TPSA) is 72.9 Å². The van der Waals surface area contributed by atoms with Crippen LogP contribution in [0.25, 0.3) is 11.6 Å². The van der Waals surface area contributed by atoms with E-state index in [2.05, 4.69) is 19.1 Å². The van der Waals surface area contributed by atoms with Gasteiger partial charge in [0.05, 0.1) is 24.2 Å². The van der Waals surface area contributed by atoms with Crippen LogP contribution >= 0.6 is 0 Å². The van der Waals surface area contributed by atoms with E-state index in [0.717, 1.165) is 22.3 Å². The van der Waals surface area contributed by atoms with Crippen molar-refractivity contribution in [3.63, 3.8) is 0 Å². The van der Waals surface area contributed by atoms with Gasteiger partial charge < -0.3 is 9.47 Å². The number of esters is 1. The maximum Gasteiger partial charge on any atom is 0.305 e. The first-order chi connectivity index (χ1) is 17.2. The van der Waals surface area contributed by atoms with E-state index < -0.39 is 16.1 Å². The summed E-state index contributed by atoms with van der Waals surface area (Å²) in [6.07, 6.45) is 2.06. The molecule has 0 spiro atoms. The van der Waals surface area contributed by atoms with Gasteiger partial charge in [-0.3, -0.25) is 9.10 Å². The standard InChI is InChI=1S/C29H31NO5S/c1-20-8-7-10-25(16-20)36(32,33)30-19-24(13-15-29(31)34-4)35-28-14-12-23(18-27(28)30)17-22(3)26-11-6-5-9-21(26)2/h5-12,14,16-18,24H,13,15,19H2,1-4H3/b22-17+/t24-/m0/s1. The van der Waals surface area contributed by atoms with E-state index in [1.165, 1.54) is 17.0 Å². The van der Waals surface area contributed by atoms with Crippen molar-refractivity contribution in [3.05, 3.63) is 89.0 Å². The number of anilines is 1. The Morgan fingerprint density at radius 2 is 1.86 bits per heavy atom. The van der Waals surface area contributed by atoms with Crippen LogP contribution in [0.3, 0.4) is 0 Å². The number of hydrogen-bond donors (Lipinski definition) is 0. The summed E-state index contributed by atoms with van der Waals surface area (Å²) in [5.74, 6) is 0.114. The molecule has 1 aliphatic rings. The Balaban J connectivity index is 1.75. The molecule has 4 rings (SSSR count). The molecule has 0 amide bonds. The molecular formula is C29H31NO5S. The summed E-state index contributed by atoms with van der Waals surface area (Å²) in [7, 11) is -2.53. The molecule has 36 heavy (non-hydrogen) atoms. The van der Waals surface area contributed by atoms with E-state index in [1.807, 2.05) is 50.3 Å². The second-order valence-corrected chi connectivity index (χ2v) is 10.9. The summed E-state index contributed by atoms with van der Waals surface area (Å²) < 4.78 is 39.9. The lowest BCUT2D eigenvalue weighted by molar-refractivity contribution is -0.141. The van der Waals surface area contributed by atoms with Crippen molar-refractivity contribution in [2.75, 3.05) is 18.0 Å². The van der Waals surface area contributed by atoms with Crippen LogP contribution in [0, 0.1) is 13.8 Å². The average Bonchev–Trinajstić information content (AvgIpc) is 2.87. The average molecular weight is 506 g/mol. The third-order valence-corrected chi connectivity index (χ3v) is 8.12. The molecule has 0 unspecified atom stereocenters. The smallest absolute Gasteiger partial charge is 0.305 e. The van der Waals surface area contributed by atoms with Crippen molar-refractivity contribution in [2.24, 2.45) is 0 Å². The highest BCUT2D eigenvalue weighted by Gasteiger charge is 2.35. The molecule has 3 aromatic rings. The van der Waals surface area contributed by atoms with Crippen molar-refractivity contribution in [3.8, 4) is 5.75 Å². The molecule has 1 aliphatic heterocycles. The van der Waals surface area contributed by atoms with E-state index in [4.69, 9.17) is 9.47 Å². The summed E-state index contributed by atoms with van der Waals surface area (Å²) >= 11 is 0. The van der Waals surface area contributed by atoms with Crippen molar-refractivity contribution in [1.82, 2.24) is 0 Å². The highest BCUT2D eigenvalue weighted by molar-refractivity contribution is 7.92. The summed E-state index contributed by atoms with van der Waals surface area (Å²) in [5, 5.41) is 0. The molecule has 0 N–H and O–H groups in total. The van der Waals surface area contributed by atoms with Crippen LogP contribution in [0.15, 0.2) is 71.6 Å². The molecule has 0 saturated heterocycles. The van der Waals surface area contributed by atoms with Crippen molar-refractivity contribution >= 4 is 33.3 Å². The molecule has 0 radical (unpaired) electrons. The quantitative estimate of drug-likeness (QED) is 0.301. The lowest BCUT2D eigenvalue weighted by Gasteiger charge is -2.35. The first-order valence-corrected chi connectivity index (χ1v) is 13.3. The van der Waals surface area contributed by atoms with Crippen LogP contribution in [0.5, 0.6) is 5.75 Å². The Morgan fingerprint density at radius 1 is 1.08 bits per heavy atom. The fourth-order valence-corrected chi connectivity index (χ4v) is 6.03. The molecule has 0 aromatic heterocycles. The molecule has 1 heterocycles. The SMILES string of the molecule is COC(=O)CC[C@H]1CN(S(=O)(=O)c2cccc(C)c2)c2cc(/C=C(\C)c3ccccc3C)ccc2O1. The second-order valence-electron chi connectivity index (χ2n) is 9.08. The molecule has 1 atom stereocenters. The minimum absolute atomic E-state index is 0.101. The van der Waals surface area contributed by atoms with Gasteiger partial charge in [0, 0.05) is 6.42 Å². The number of aryl methyl sites for hydroxylation is 2. The number of benzene rings is 3. The molecule has 3 aromatic carbocycles. The zero-order valence-electron chi connectivity index (χ0n) is 21.0. The van der Waals surface area contributed by atoms with E-state index in [1.54, 1.807) is 24.3 Å². The van der Waals surface area contributed by atoms with Crippen LogP contribution in [0.4, 0.5) is 5.69 Å². The minimum atomic E-state index is -3.86. The zero-order chi connectivity index (χ0) is 25.9. The summed E-state index contributed by atoms with van der Waals surface area (Å²) in [6, 6.07) is 20.6. The Bertz CT molecular complexity index is 1410. The highest BCUT2D eigenvalue weighted by Crippen LogP contribution is 2.39. The monoisotopic (exact) mass is 505 g/mol. The van der Waals surface area contributed by atoms with Gasteiger partial charge in [-0.25, -0.2) is 8.42 Å². The number of ether oxygens (including phenoxy) is 2. The number of sulfonamides is 1. The normalized spacial score (nSPS) is 15.7. The number of carbonyl (C=O) groups excluding carboxylic acids is 1. The fourth-order valence-electron chi connectivity index (χ4n) is 4.42. The van der Waals surface area contributed by atoms with Crippen molar-refractivity contribution in [2.45, 2.75) is 44.6 Å². The Kier molecular flexibility index (Phi) is 7.50. The van der Waals surface area contributed by atoms with Gasteiger partial charge in [0.1, 0.15) is 11.9 Å². The molecular weight excluding hydrogens is 474 g/mol. The summed E-state index contributed by atoms with van der Waals surface area (Å²) in [4.78, 5) is 11.9.